The number of halogens is 2. The number of anilines is 2. The van der Waals surface area contributed by atoms with Gasteiger partial charge in [-0.05, 0) is 36.8 Å². The molecule has 0 saturated carbocycles. The largest absolute Gasteiger partial charge is 0.325 e. The van der Waals surface area contributed by atoms with Crippen LogP contribution in [0, 0.1) is 24.5 Å². The lowest BCUT2D eigenvalue weighted by atomic mass is 10.0. The maximum absolute atomic E-state index is 13.8. The average molecular weight is 431 g/mol. The van der Waals surface area contributed by atoms with Crippen molar-refractivity contribution in [3.05, 3.63) is 59.7 Å². The Morgan fingerprint density at radius 1 is 1.27 bits per heavy atom. The van der Waals surface area contributed by atoms with Crippen LogP contribution in [0.2, 0.25) is 0 Å². The molecule has 4 rings (SSSR count). The highest BCUT2D eigenvalue weighted by atomic mass is 32.2. The Bertz CT molecular complexity index is 1030. The van der Waals surface area contributed by atoms with E-state index in [1.54, 1.807) is 6.07 Å². The number of aryl methyl sites for hydroxylation is 1. The van der Waals surface area contributed by atoms with E-state index in [-0.39, 0.29) is 28.4 Å². The van der Waals surface area contributed by atoms with Gasteiger partial charge in [0, 0.05) is 18.3 Å². The van der Waals surface area contributed by atoms with Crippen LogP contribution in [0.15, 0.2) is 47.5 Å². The first kappa shape index (κ1) is 20.5. The summed E-state index contributed by atoms with van der Waals surface area (Å²) in [7, 11) is 0. The number of hydrogen-bond acceptors (Lipinski definition) is 6. The fourth-order valence-corrected chi connectivity index (χ4v) is 4.13. The number of amidine groups is 1. The van der Waals surface area contributed by atoms with Gasteiger partial charge < -0.3 is 5.32 Å². The molecule has 156 valence electrons. The van der Waals surface area contributed by atoms with Gasteiger partial charge in [0.2, 0.25) is 11.8 Å². The maximum Gasteiger partial charge on any atom is 0.241 e. The number of hydrazine groups is 1. The van der Waals surface area contributed by atoms with Crippen molar-refractivity contribution in [3.63, 3.8) is 0 Å². The molecule has 2 aliphatic rings. The fourth-order valence-electron chi connectivity index (χ4n) is 3.28. The van der Waals surface area contributed by atoms with Crippen LogP contribution in [0.5, 0.6) is 0 Å². The third kappa shape index (κ3) is 4.20. The first-order valence-corrected chi connectivity index (χ1v) is 10.3. The SMILES string of the molecule is Cc1cccc(NC(=O)CSC2=NC3NNCC3C(=O)N2c2ccc(F)c(F)c2)c1. The van der Waals surface area contributed by atoms with Crippen molar-refractivity contribution < 1.29 is 18.4 Å². The molecule has 2 aromatic rings. The highest BCUT2D eigenvalue weighted by molar-refractivity contribution is 8.14. The van der Waals surface area contributed by atoms with Gasteiger partial charge in [-0.3, -0.25) is 19.9 Å². The van der Waals surface area contributed by atoms with E-state index in [2.05, 4.69) is 21.2 Å². The quantitative estimate of drug-likeness (QED) is 0.692. The van der Waals surface area contributed by atoms with Gasteiger partial charge in [-0.2, -0.15) is 0 Å². The standard InChI is InChI=1S/C20H19F2N5O2S/c1-11-3-2-4-12(7-11)24-17(28)10-30-20-25-18-14(9-23-26-18)19(29)27(20)13-5-6-15(21)16(22)8-13/h2-8,14,18,23,26H,9-10H2,1H3,(H,24,28). The molecule has 1 saturated heterocycles. The average Bonchev–Trinajstić information content (AvgIpc) is 3.18. The Hall–Kier alpha value is -2.82. The number of carbonyl (C=O) groups is 2. The van der Waals surface area contributed by atoms with Crippen molar-refractivity contribution in [2.24, 2.45) is 10.9 Å². The van der Waals surface area contributed by atoms with Crippen LogP contribution in [0.1, 0.15) is 5.56 Å². The van der Waals surface area contributed by atoms with Crippen molar-refractivity contribution in [2.75, 3.05) is 22.5 Å². The van der Waals surface area contributed by atoms with Gasteiger partial charge in [0.15, 0.2) is 16.8 Å². The van der Waals surface area contributed by atoms with Gasteiger partial charge in [-0.1, -0.05) is 23.9 Å². The summed E-state index contributed by atoms with van der Waals surface area (Å²) in [5.41, 5.74) is 7.64. The first-order valence-electron chi connectivity index (χ1n) is 9.27. The molecule has 0 spiro atoms. The smallest absolute Gasteiger partial charge is 0.241 e. The van der Waals surface area contributed by atoms with Gasteiger partial charge >= 0.3 is 0 Å². The van der Waals surface area contributed by atoms with Crippen molar-refractivity contribution in [3.8, 4) is 0 Å². The number of benzene rings is 2. The molecule has 2 amide bonds. The van der Waals surface area contributed by atoms with Crippen molar-refractivity contribution in [2.45, 2.75) is 13.1 Å². The summed E-state index contributed by atoms with van der Waals surface area (Å²) < 4.78 is 27.2. The number of amides is 2. The first-order chi connectivity index (χ1) is 14.4. The summed E-state index contributed by atoms with van der Waals surface area (Å²) in [6, 6.07) is 10.6. The third-order valence-electron chi connectivity index (χ3n) is 4.73. The minimum atomic E-state index is -1.06. The van der Waals surface area contributed by atoms with E-state index in [0.29, 0.717) is 12.2 Å². The molecule has 2 heterocycles. The summed E-state index contributed by atoms with van der Waals surface area (Å²) in [6.07, 6.45) is -0.485. The van der Waals surface area contributed by atoms with E-state index >= 15 is 0 Å². The number of rotatable bonds is 4. The monoisotopic (exact) mass is 431 g/mol. The molecule has 0 radical (unpaired) electrons. The molecule has 0 aliphatic carbocycles. The van der Waals surface area contributed by atoms with Crippen LogP contribution < -0.4 is 21.1 Å². The van der Waals surface area contributed by atoms with Crippen LogP contribution in [0.3, 0.4) is 0 Å². The highest BCUT2D eigenvalue weighted by Crippen LogP contribution is 2.30. The Labute approximate surface area is 175 Å². The predicted octanol–water partition coefficient (Wildman–Crippen LogP) is 2.40. The fraction of sp³-hybridized carbons (Fsp3) is 0.250. The number of fused-ring (bicyclic) bond motifs is 1. The third-order valence-corrected chi connectivity index (χ3v) is 5.68. The number of nitrogens with zero attached hydrogens (tertiary/aromatic N) is 2. The molecule has 0 aromatic heterocycles. The molecule has 2 aromatic carbocycles. The van der Waals surface area contributed by atoms with Crippen molar-refractivity contribution >= 4 is 40.1 Å². The normalized spacial score (nSPS) is 20.7. The van der Waals surface area contributed by atoms with E-state index in [1.807, 2.05) is 25.1 Å². The zero-order chi connectivity index (χ0) is 21.3. The molecule has 7 nitrogen and oxygen atoms in total. The second kappa shape index (κ2) is 8.50. The maximum atomic E-state index is 13.8. The number of thioether (sulfide) groups is 1. The lowest BCUT2D eigenvalue weighted by Gasteiger charge is -2.32. The van der Waals surface area contributed by atoms with Crippen LogP contribution in [0.4, 0.5) is 20.2 Å². The zero-order valence-corrected chi connectivity index (χ0v) is 16.8. The molecule has 3 N–H and O–H groups in total. The molecule has 2 unspecified atom stereocenters. The van der Waals surface area contributed by atoms with E-state index in [1.165, 1.54) is 11.0 Å². The molecule has 30 heavy (non-hydrogen) atoms. The van der Waals surface area contributed by atoms with Gasteiger partial charge in [0.05, 0.1) is 17.4 Å². The summed E-state index contributed by atoms with van der Waals surface area (Å²) >= 11 is 1.05. The molecule has 2 atom stereocenters. The lowest BCUT2D eigenvalue weighted by Crippen LogP contribution is -2.49. The molecule has 10 heteroatoms. The Morgan fingerprint density at radius 2 is 2.10 bits per heavy atom. The Morgan fingerprint density at radius 3 is 2.87 bits per heavy atom. The van der Waals surface area contributed by atoms with Crippen molar-refractivity contribution in [1.29, 1.82) is 0 Å². The topological polar surface area (TPSA) is 85.8 Å². The van der Waals surface area contributed by atoms with Gasteiger partial charge in [-0.25, -0.2) is 19.2 Å². The Balaban J connectivity index is 1.54. The zero-order valence-electron chi connectivity index (χ0n) is 16.0. The second-order valence-corrected chi connectivity index (χ2v) is 7.91. The number of hydrogen-bond donors (Lipinski definition) is 3. The lowest BCUT2D eigenvalue weighted by molar-refractivity contribution is -0.121. The van der Waals surface area contributed by atoms with Gasteiger partial charge in [0.1, 0.15) is 6.17 Å². The van der Waals surface area contributed by atoms with E-state index in [4.69, 9.17) is 0 Å². The minimum absolute atomic E-state index is 0.00888. The highest BCUT2D eigenvalue weighted by Gasteiger charge is 2.42. The van der Waals surface area contributed by atoms with Crippen LogP contribution in [-0.2, 0) is 9.59 Å². The Kier molecular flexibility index (Phi) is 5.80. The molecular formula is C20H19F2N5O2S. The van der Waals surface area contributed by atoms with E-state index in [0.717, 1.165) is 29.5 Å². The predicted molar refractivity (Wildman–Crippen MR) is 112 cm³/mol. The minimum Gasteiger partial charge on any atom is -0.325 e. The van der Waals surface area contributed by atoms with Crippen molar-refractivity contribution in [1.82, 2.24) is 10.9 Å². The summed E-state index contributed by atoms with van der Waals surface area (Å²) in [6.45, 7) is 2.28. The molecule has 1 fully saturated rings. The number of carbonyl (C=O) groups excluding carboxylic acids is 2. The molecule has 2 aliphatic heterocycles. The summed E-state index contributed by atoms with van der Waals surface area (Å²) in [5.74, 6) is -3.14. The molecule has 0 bridgehead atoms. The molecular weight excluding hydrogens is 412 g/mol. The number of nitrogens with one attached hydrogen (secondary N) is 3. The number of aliphatic imine (C=N–C) groups is 1. The van der Waals surface area contributed by atoms with Gasteiger partial charge in [-0.15, -0.1) is 0 Å². The van der Waals surface area contributed by atoms with Gasteiger partial charge in [0.25, 0.3) is 0 Å². The van der Waals surface area contributed by atoms with Crippen LogP contribution in [0.25, 0.3) is 0 Å². The summed E-state index contributed by atoms with van der Waals surface area (Å²) in [4.78, 5) is 31.2. The van der Waals surface area contributed by atoms with Crippen LogP contribution in [-0.4, -0.2) is 35.4 Å². The van der Waals surface area contributed by atoms with E-state index < -0.39 is 23.7 Å². The summed E-state index contributed by atoms with van der Waals surface area (Å²) in [5, 5.41) is 3.03. The van der Waals surface area contributed by atoms with E-state index in [9.17, 15) is 18.4 Å². The van der Waals surface area contributed by atoms with Crippen LogP contribution >= 0.6 is 11.8 Å². The second-order valence-electron chi connectivity index (χ2n) is 6.97.